The molecule has 0 unspecified atom stereocenters. The molecule has 5 aromatic rings. The molecule has 2 heterocycles. The van der Waals surface area contributed by atoms with Gasteiger partial charge in [-0.25, -0.2) is 0 Å². The van der Waals surface area contributed by atoms with Crippen molar-refractivity contribution in [3.8, 4) is 0 Å². The van der Waals surface area contributed by atoms with Crippen molar-refractivity contribution in [2.45, 2.75) is 24.0 Å². The molecule has 0 radical (unpaired) electrons. The fourth-order valence-corrected chi connectivity index (χ4v) is 7.17. The van der Waals surface area contributed by atoms with Gasteiger partial charge in [0, 0.05) is 33.2 Å². The molecule has 1 N–H and O–H groups in total. The Bertz CT molecular complexity index is 1740. The maximum atomic E-state index is 15.1. The average molecular weight is 614 g/mol. The Morgan fingerprint density at radius 3 is 2.00 bits per heavy atom. The van der Waals surface area contributed by atoms with E-state index in [-0.39, 0.29) is 17.7 Å². The van der Waals surface area contributed by atoms with Crippen molar-refractivity contribution in [2.24, 2.45) is 5.92 Å². The molecule has 0 aliphatic carbocycles. The summed E-state index contributed by atoms with van der Waals surface area (Å²) in [6, 6.07) is 45.3. The first-order chi connectivity index (χ1) is 20.6. The summed E-state index contributed by atoms with van der Waals surface area (Å²) in [4.78, 5) is 31.6. The third kappa shape index (κ3) is 4.32. The molecular formula is C37H29BrN2O2. The summed E-state index contributed by atoms with van der Waals surface area (Å²) in [6.07, 6.45) is 0. The second-order valence-corrected chi connectivity index (χ2v) is 11.9. The first-order valence-electron chi connectivity index (χ1n) is 14.2. The van der Waals surface area contributed by atoms with Gasteiger partial charge in [0.1, 0.15) is 5.54 Å². The van der Waals surface area contributed by atoms with Gasteiger partial charge in [-0.3, -0.25) is 14.9 Å². The van der Waals surface area contributed by atoms with Gasteiger partial charge in [-0.1, -0.05) is 137 Å². The zero-order valence-electron chi connectivity index (χ0n) is 22.9. The number of nitrogens with one attached hydrogen (secondary N) is 1. The first-order valence-corrected chi connectivity index (χ1v) is 15.0. The van der Waals surface area contributed by atoms with Crippen LogP contribution in [0.5, 0.6) is 0 Å². The molecule has 206 valence electrons. The molecule has 7 rings (SSSR count). The van der Waals surface area contributed by atoms with Crippen molar-refractivity contribution in [3.63, 3.8) is 0 Å². The van der Waals surface area contributed by atoms with Gasteiger partial charge >= 0.3 is 0 Å². The van der Waals surface area contributed by atoms with Gasteiger partial charge in [0.2, 0.25) is 0 Å². The van der Waals surface area contributed by atoms with Crippen molar-refractivity contribution in [2.75, 3.05) is 4.90 Å². The maximum Gasteiger partial charge on any atom is 0.252 e. The largest absolute Gasteiger partial charge is 0.306 e. The van der Waals surface area contributed by atoms with Gasteiger partial charge in [0.05, 0.1) is 12.5 Å². The summed E-state index contributed by atoms with van der Waals surface area (Å²) < 4.78 is 0.945. The quantitative estimate of drug-likeness (QED) is 0.199. The van der Waals surface area contributed by atoms with E-state index >= 15 is 4.79 Å². The van der Waals surface area contributed by atoms with Crippen LogP contribution in [-0.4, -0.2) is 11.7 Å². The molecule has 1 amide bonds. The van der Waals surface area contributed by atoms with Crippen LogP contribution in [0.3, 0.4) is 0 Å². The summed E-state index contributed by atoms with van der Waals surface area (Å²) in [5.41, 5.74) is 4.26. The third-order valence-corrected chi connectivity index (χ3v) is 9.23. The topological polar surface area (TPSA) is 49.4 Å². The van der Waals surface area contributed by atoms with Crippen LogP contribution in [0.1, 0.15) is 44.6 Å². The number of ketones is 1. The molecule has 1 spiro atoms. The van der Waals surface area contributed by atoms with Crippen LogP contribution in [-0.2, 0) is 16.9 Å². The van der Waals surface area contributed by atoms with Crippen molar-refractivity contribution >= 4 is 33.3 Å². The van der Waals surface area contributed by atoms with Gasteiger partial charge < -0.3 is 4.90 Å². The second kappa shape index (κ2) is 10.8. The minimum Gasteiger partial charge on any atom is -0.306 e. The fourth-order valence-electron chi connectivity index (χ4n) is 6.91. The number of carbonyl (C=O) groups is 2. The maximum absolute atomic E-state index is 15.1. The summed E-state index contributed by atoms with van der Waals surface area (Å²) in [5, 5.41) is 3.84. The molecule has 42 heavy (non-hydrogen) atoms. The smallest absolute Gasteiger partial charge is 0.252 e. The Balaban J connectivity index is 1.47. The lowest BCUT2D eigenvalue weighted by molar-refractivity contribution is -0.124. The van der Waals surface area contributed by atoms with Crippen molar-refractivity contribution < 1.29 is 9.59 Å². The molecule has 5 aromatic carbocycles. The molecule has 4 atom stereocenters. The Hall–Kier alpha value is -4.32. The van der Waals surface area contributed by atoms with Gasteiger partial charge in [0.25, 0.3) is 5.91 Å². The Morgan fingerprint density at radius 1 is 0.714 bits per heavy atom. The van der Waals surface area contributed by atoms with Gasteiger partial charge in [-0.15, -0.1) is 0 Å². The van der Waals surface area contributed by atoms with E-state index in [4.69, 9.17) is 0 Å². The minimum absolute atomic E-state index is 0.0218. The predicted molar refractivity (Wildman–Crippen MR) is 169 cm³/mol. The van der Waals surface area contributed by atoms with Crippen molar-refractivity contribution in [3.05, 3.63) is 172 Å². The highest BCUT2D eigenvalue weighted by Gasteiger charge is 2.65. The number of para-hydroxylation sites is 1. The number of hydrogen-bond donors (Lipinski definition) is 1. The van der Waals surface area contributed by atoms with Gasteiger partial charge in [0.15, 0.2) is 5.78 Å². The van der Waals surface area contributed by atoms with Crippen molar-refractivity contribution in [1.82, 2.24) is 5.32 Å². The van der Waals surface area contributed by atoms with Gasteiger partial charge in [-0.2, -0.15) is 0 Å². The number of Topliss-reactive ketones (excluding diaryl/α,β-unsaturated/α-hetero) is 1. The first kappa shape index (κ1) is 26.6. The van der Waals surface area contributed by atoms with Crippen LogP contribution in [0.25, 0.3) is 0 Å². The molecule has 0 bridgehead atoms. The molecule has 4 nitrogen and oxygen atoms in total. The SMILES string of the molecule is O=C(c1ccccc1)[C@@H]1[C@H](c2ccccc2)N[C@@]2(C(=O)N(Cc3ccccc3)c3ccccc32)[C@H]1c1ccc(Br)cc1. The molecule has 0 saturated carbocycles. The van der Waals surface area contributed by atoms with Crippen LogP contribution >= 0.6 is 15.9 Å². The average Bonchev–Trinajstić information content (AvgIpc) is 3.52. The zero-order chi connectivity index (χ0) is 28.7. The number of rotatable bonds is 6. The van der Waals surface area contributed by atoms with Crippen LogP contribution in [0, 0.1) is 5.92 Å². The van der Waals surface area contributed by atoms with E-state index in [2.05, 4.69) is 27.3 Å². The Labute approximate surface area is 254 Å². The number of benzene rings is 5. The number of anilines is 1. The molecule has 5 heteroatoms. The minimum atomic E-state index is -1.14. The summed E-state index contributed by atoms with van der Waals surface area (Å²) >= 11 is 3.58. The van der Waals surface area contributed by atoms with E-state index in [0.717, 1.165) is 32.4 Å². The van der Waals surface area contributed by atoms with Gasteiger partial charge in [-0.05, 0) is 34.9 Å². The van der Waals surface area contributed by atoms with Crippen LogP contribution in [0.15, 0.2) is 144 Å². The third-order valence-electron chi connectivity index (χ3n) is 8.70. The number of nitrogens with zero attached hydrogens (tertiary/aromatic N) is 1. The summed E-state index contributed by atoms with van der Waals surface area (Å²) in [5.74, 6) is -1.01. The highest BCUT2D eigenvalue weighted by Crippen LogP contribution is 2.59. The standard InChI is InChI=1S/C37H29BrN2O2/c38-29-22-20-26(21-23-29)33-32(35(41)28-16-8-3-9-17-28)34(27-14-6-2-7-15-27)39-37(33)30-18-10-11-19-31(30)40(36(37)42)24-25-12-4-1-5-13-25/h1-23,32-34,39H,24H2/t32-,33-,34-,37+/m0/s1. The van der Waals surface area contributed by atoms with E-state index in [9.17, 15) is 4.79 Å². The highest BCUT2D eigenvalue weighted by atomic mass is 79.9. The Kier molecular flexibility index (Phi) is 6.85. The van der Waals surface area contributed by atoms with Crippen LogP contribution in [0.2, 0.25) is 0 Å². The summed E-state index contributed by atoms with van der Waals surface area (Å²) in [7, 11) is 0. The summed E-state index contributed by atoms with van der Waals surface area (Å²) in [6.45, 7) is 0.445. The van der Waals surface area contributed by atoms with Crippen LogP contribution < -0.4 is 10.2 Å². The van der Waals surface area contributed by atoms with E-state index in [1.807, 2.05) is 138 Å². The molecular weight excluding hydrogens is 584 g/mol. The lowest BCUT2D eigenvalue weighted by Gasteiger charge is -2.33. The highest BCUT2D eigenvalue weighted by molar-refractivity contribution is 9.10. The number of amides is 1. The lowest BCUT2D eigenvalue weighted by atomic mass is 9.69. The number of hydrogen-bond acceptors (Lipinski definition) is 3. The van der Waals surface area contributed by atoms with E-state index in [1.54, 1.807) is 0 Å². The second-order valence-electron chi connectivity index (χ2n) is 11.0. The van der Waals surface area contributed by atoms with E-state index in [1.165, 1.54) is 0 Å². The normalized spacial score (nSPS) is 22.8. The monoisotopic (exact) mass is 612 g/mol. The zero-order valence-corrected chi connectivity index (χ0v) is 24.4. The van der Waals surface area contributed by atoms with Crippen LogP contribution in [0.4, 0.5) is 5.69 Å². The molecule has 1 saturated heterocycles. The lowest BCUT2D eigenvalue weighted by Crippen LogP contribution is -2.50. The molecule has 1 fully saturated rings. The predicted octanol–water partition coefficient (Wildman–Crippen LogP) is 7.82. The number of halogens is 1. The number of carbonyl (C=O) groups excluding carboxylic acids is 2. The fraction of sp³-hybridized carbons (Fsp3) is 0.135. The number of fused-ring (bicyclic) bond motifs is 2. The molecule has 2 aliphatic rings. The van der Waals surface area contributed by atoms with Crippen molar-refractivity contribution in [1.29, 1.82) is 0 Å². The van der Waals surface area contributed by atoms with E-state index < -0.39 is 17.4 Å². The van der Waals surface area contributed by atoms with E-state index in [0.29, 0.717) is 12.1 Å². The molecule has 2 aliphatic heterocycles. The molecule has 0 aromatic heterocycles. The Morgan fingerprint density at radius 2 is 1.31 bits per heavy atom.